The topological polar surface area (TPSA) is 103 Å². The normalized spacial score (nSPS) is 11.2. The van der Waals surface area contributed by atoms with E-state index in [2.05, 4.69) is 24.7 Å². The summed E-state index contributed by atoms with van der Waals surface area (Å²) in [5.74, 6) is -0.865. The second-order valence-electron chi connectivity index (χ2n) is 3.83. The molecule has 1 aromatic carbocycles. The van der Waals surface area contributed by atoms with Crippen LogP contribution in [0.5, 0.6) is 5.75 Å². The fourth-order valence-corrected chi connectivity index (χ4v) is 1.44. The van der Waals surface area contributed by atoms with Crippen LogP contribution in [0.2, 0.25) is 0 Å². The molecule has 10 heteroatoms. The van der Waals surface area contributed by atoms with Gasteiger partial charge in [0.1, 0.15) is 0 Å². The Kier molecular flexibility index (Phi) is 3.96. The largest absolute Gasteiger partial charge is 0.573 e. The summed E-state index contributed by atoms with van der Waals surface area (Å²) >= 11 is 0. The number of carbonyl (C=O) groups excluding carboxylic acids is 1. The maximum atomic E-state index is 12.1. The highest BCUT2D eigenvalue weighted by Gasteiger charge is 2.32. The van der Waals surface area contributed by atoms with Crippen molar-refractivity contribution in [2.45, 2.75) is 12.9 Å². The molecule has 1 heterocycles. The van der Waals surface area contributed by atoms with Gasteiger partial charge >= 0.3 is 6.36 Å². The van der Waals surface area contributed by atoms with Gasteiger partial charge in [0.15, 0.2) is 11.6 Å². The van der Waals surface area contributed by atoms with E-state index in [0.29, 0.717) is 0 Å². The summed E-state index contributed by atoms with van der Waals surface area (Å²) in [6.45, 7) is 0.00996. The van der Waals surface area contributed by atoms with E-state index in [4.69, 9.17) is 5.73 Å². The first-order valence-corrected chi connectivity index (χ1v) is 5.54. The van der Waals surface area contributed by atoms with Crippen LogP contribution >= 0.6 is 0 Å². The van der Waals surface area contributed by atoms with Gasteiger partial charge < -0.3 is 20.3 Å². The molecule has 0 fully saturated rings. The molecule has 0 saturated carbocycles. The Morgan fingerprint density at radius 2 is 2.19 bits per heavy atom. The third kappa shape index (κ3) is 4.09. The van der Waals surface area contributed by atoms with Gasteiger partial charge in [-0.2, -0.15) is 4.98 Å². The van der Waals surface area contributed by atoms with Gasteiger partial charge in [-0.15, -0.1) is 13.2 Å². The summed E-state index contributed by atoms with van der Waals surface area (Å²) in [6.07, 6.45) is -3.75. The molecule has 1 aromatic heterocycles. The Hall–Kier alpha value is -2.78. The van der Waals surface area contributed by atoms with Crippen LogP contribution in [0.25, 0.3) is 0 Å². The average Bonchev–Trinajstić information content (AvgIpc) is 2.90. The molecular weight excluding hydrogens is 293 g/mol. The van der Waals surface area contributed by atoms with Crippen molar-refractivity contribution in [2.75, 3.05) is 5.73 Å². The van der Waals surface area contributed by atoms with E-state index in [1.165, 1.54) is 0 Å². The van der Waals surface area contributed by atoms with Crippen molar-refractivity contribution in [3.05, 3.63) is 36.0 Å². The Morgan fingerprint density at radius 3 is 2.76 bits per heavy atom. The summed E-state index contributed by atoms with van der Waals surface area (Å²) in [4.78, 5) is 15.5. The van der Waals surface area contributed by atoms with Crippen LogP contribution in [0.1, 0.15) is 16.2 Å². The SMILES string of the molecule is Nc1cc(C(=O)NCc2ncon2)ccc1OC(F)(F)F. The highest BCUT2D eigenvalue weighted by Crippen LogP contribution is 2.28. The minimum atomic E-state index is -4.85. The van der Waals surface area contributed by atoms with Gasteiger partial charge in [0.25, 0.3) is 5.91 Å². The number of alkyl halides is 3. The summed E-state index contributed by atoms with van der Waals surface area (Å²) in [5.41, 5.74) is 5.18. The van der Waals surface area contributed by atoms with Crippen molar-refractivity contribution < 1.29 is 27.2 Å². The van der Waals surface area contributed by atoms with Crippen LogP contribution in [0.3, 0.4) is 0 Å². The lowest BCUT2D eigenvalue weighted by Gasteiger charge is -2.12. The number of nitrogen functional groups attached to an aromatic ring is 1. The molecule has 0 aliphatic rings. The van der Waals surface area contributed by atoms with Crippen molar-refractivity contribution in [3.63, 3.8) is 0 Å². The minimum absolute atomic E-state index is 0.00996. The monoisotopic (exact) mass is 302 g/mol. The predicted molar refractivity (Wildman–Crippen MR) is 63.0 cm³/mol. The number of nitrogens with zero attached hydrogens (tertiary/aromatic N) is 2. The van der Waals surface area contributed by atoms with Gasteiger partial charge in [-0.05, 0) is 18.2 Å². The highest BCUT2D eigenvalue weighted by atomic mass is 19.4. The first-order valence-electron chi connectivity index (χ1n) is 5.54. The number of anilines is 1. The smallest absolute Gasteiger partial charge is 0.404 e. The molecule has 0 aliphatic carbocycles. The Bertz CT molecular complexity index is 628. The third-order valence-electron chi connectivity index (χ3n) is 2.31. The first-order chi connectivity index (χ1) is 9.85. The number of carbonyl (C=O) groups is 1. The van der Waals surface area contributed by atoms with Crippen LogP contribution in [0.15, 0.2) is 29.1 Å². The highest BCUT2D eigenvalue weighted by molar-refractivity contribution is 5.95. The zero-order valence-corrected chi connectivity index (χ0v) is 10.3. The summed E-state index contributed by atoms with van der Waals surface area (Å²) in [7, 11) is 0. The van der Waals surface area contributed by atoms with E-state index >= 15 is 0 Å². The maximum absolute atomic E-state index is 12.1. The van der Waals surface area contributed by atoms with Gasteiger partial charge in [-0.25, -0.2) is 0 Å². The third-order valence-corrected chi connectivity index (χ3v) is 2.31. The van der Waals surface area contributed by atoms with E-state index in [9.17, 15) is 18.0 Å². The van der Waals surface area contributed by atoms with Gasteiger partial charge in [0.2, 0.25) is 6.39 Å². The quantitative estimate of drug-likeness (QED) is 0.829. The molecule has 0 unspecified atom stereocenters. The Balaban J connectivity index is 2.03. The predicted octanol–water partition coefficient (Wildman–Crippen LogP) is 1.48. The molecular formula is C11H9F3N4O3. The first kappa shape index (κ1) is 14.6. The standard InChI is InChI=1S/C11H9F3N4O3/c12-11(13,14)21-8-2-1-6(3-7(8)15)10(19)16-4-9-17-5-20-18-9/h1-3,5H,4,15H2,(H,16,19). The van der Waals surface area contributed by atoms with Crippen LogP contribution in [0, 0.1) is 0 Å². The van der Waals surface area contributed by atoms with Crippen molar-refractivity contribution in [1.82, 2.24) is 15.5 Å². The lowest BCUT2D eigenvalue weighted by molar-refractivity contribution is -0.274. The lowest BCUT2D eigenvalue weighted by Crippen LogP contribution is -2.23. The molecule has 3 N–H and O–H groups in total. The van der Waals surface area contributed by atoms with Crippen LogP contribution in [-0.4, -0.2) is 22.4 Å². The number of hydrogen-bond acceptors (Lipinski definition) is 6. The number of benzene rings is 1. The second kappa shape index (κ2) is 5.69. The molecule has 0 radical (unpaired) electrons. The van der Waals surface area contributed by atoms with Crippen molar-refractivity contribution >= 4 is 11.6 Å². The molecule has 21 heavy (non-hydrogen) atoms. The number of rotatable bonds is 4. The van der Waals surface area contributed by atoms with Crippen LogP contribution in [-0.2, 0) is 6.54 Å². The minimum Gasteiger partial charge on any atom is -0.404 e. The number of hydrogen-bond donors (Lipinski definition) is 2. The summed E-state index contributed by atoms with van der Waals surface area (Å²) in [6, 6.07) is 3.20. The second-order valence-corrected chi connectivity index (χ2v) is 3.83. The van der Waals surface area contributed by atoms with Crippen molar-refractivity contribution in [1.29, 1.82) is 0 Å². The molecule has 0 bridgehead atoms. The Morgan fingerprint density at radius 1 is 1.43 bits per heavy atom. The molecule has 0 aliphatic heterocycles. The molecule has 0 spiro atoms. The molecule has 0 saturated heterocycles. The zero-order chi connectivity index (χ0) is 15.5. The number of halogens is 3. The van der Waals surface area contributed by atoms with Crippen LogP contribution < -0.4 is 15.8 Å². The van der Waals surface area contributed by atoms with E-state index in [0.717, 1.165) is 24.6 Å². The summed E-state index contributed by atoms with van der Waals surface area (Å²) in [5, 5.41) is 5.94. The number of amides is 1. The number of ether oxygens (including phenoxy) is 1. The zero-order valence-electron chi connectivity index (χ0n) is 10.3. The van der Waals surface area contributed by atoms with Gasteiger partial charge in [0, 0.05) is 5.56 Å². The van der Waals surface area contributed by atoms with Crippen molar-refractivity contribution in [2.24, 2.45) is 0 Å². The van der Waals surface area contributed by atoms with E-state index < -0.39 is 18.0 Å². The number of aromatic nitrogens is 2. The fraction of sp³-hybridized carbons (Fsp3) is 0.182. The fourth-order valence-electron chi connectivity index (χ4n) is 1.44. The van der Waals surface area contributed by atoms with Gasteiger partial charge in [-0.1, -0.05) is 5.16 Å². The molecule has 2 rings (SSSR count). The molecule has 112 valence electrons. The molecule has 0 atom stereocenters. The van der Waals surface area contributed by atoms with Crippen LogP contribution in [0.4, 0.5) is 18.9 Å². The number of nitrogens with two attached hydrogens (primary N) is 1. The molecule has 2 aromatic rings. The molecule has 1 amide bonds. The van der Waals surface area contributed by atoms with Gasteiger partial charge in [-0.3, -0.25) is 4.79 Å². The lowest BCUT2D eigenvalue weighted by atomic mass is 10.2. The number of nitrogens with one attached hydrogen (secondary N) is 1. The van der Waals surface area contributed by atoms with E-state index in [1.54, 1.807) is 0 Å². The average molecular weight is 302 g/mol. The maximum Gasteiger partial charge on any atom is 0.573 e. The van der Waals surface area contributed by atoms with E-state index in [-0.39, 0.29) is 23.6 Å². The summed E-state index contributed by atoms with van der Waals surface area (Å²) < 4.78 is 44.4. The Labute approximate surface area is 115 Å². The van der Waals surface area contributed by atoms with Gasteiger partial charge in [0.05, 0.1) is 12.2 Å². The van der Waals surface area contributed by atoms with E-state index in [1.807, 2.05) is 0 Å². The molecule has 7 nitrogen and oxygen atoms in total. The van der Waals surface area contributed by atoms with Crippen molar-refractivity contribution in [3.8, 4) is 5.75 Å².